The quantitative estimate of drug-likeness (QED) is 0.699. The standard InChI is InChI=1S/C16H14N2O2S/c1-10-5-3-4-6-12(10)13(19)7-18-9-17-14-11(2)8-21-15(14)16(18)20/h3-6,8-9H,7H2,1-2H3. The van der Waals surface area contributed by atoms with Gasteiger partial charge in [0.1, 0.15) is 4.70 Å². The van der Waals surface area contributed by atoms with Crippen molar-refractivity contribution in [2.75, 3.05) is 0 Å². The van der Waals surface area contributed by atoms with Crippen LogP contribution >= 0.6 is 11.3 Å². The number of carbonyl (C=O) groups excluding carboxylic acids is 1. The zero-order valence-corrected chi connectivity index (χ0v) is 12.6. The molecule has 0 saturated heterocycles. The fourth-order valence-corrected chi connectivity index (χ4v) is 3.25. The number of thiophene rings is 1. The lowest BCUT2D eigenvalue weighted by Crippen LogP contribution is -2.24. The molecule has 0 N–H and O–H groups in total. The van der Waals surface area contributed by atoms with Gasteiger partial charge in [-0.05, 0) is 30.4 Å². The molecule has 0 saturated carbocycles. The Morgan fingerprint density at radius 3 is 2.76 bits per heavy atom. The van der Waals surface area contributed by atoms with Crippen molar-refractivity contribution in [2.45, 2.75) is 20.4 Å². The minimum absolute atomic E-state index is 0.0174. The van der Waals surface area contributed by atoms with Crippen molar-refractivity contribution in [1.29, 1.82) is 0 Å². The van der Waals surface area contributed by atoms with Gasteiger partial charge in [0, 0.05) is 5.56 Å². The SMILES string of the molecule is Cc1ccccc1C(=O)Cn1cnc2c(C)csc2c1=O. The predicted octanol–water partition coefficient (Wildman–Crippen LogP) is 2.96. The maximum absolute atomic E-state index is 12.4. The highest BCUT2D eigenvalue weighted by Gasteiger charge is 2.13. The van der Waals surface area contributed by atoms with Crippen LogP contribution in [0, 0.1) is 13.8 Å². The molecule has 5 heteroatoms. The van der Waals surface area contributed by atoms with Crippen LogP contribution in [0.15, 0.2) is 40.8 Å². The van der Waals surface area contributed by atoms with Crippen molar-refractivity contribution in [3.05, 3.63) is 63.0 Å². The average Bonchev–Trinajstić information content (AvgIpc) is 2.84. The van der Waals surface area contributed by atoms with Gasteiger partial charge in [0.15, 0.2) is 5.78 Å². The highest BCUT2D eigenvalue weighted by atomic mass is 32.1. The minimum Gasteiger partial charge on any atom is -0.292 e. The van der Waals surface area contributed by atoms with Crippen LogP contribution in [0.1, 0.15) is 21.5 Å². The van der Waals surface area contributed by atoms with Gasteiger partial charge in [-0.3, -0.25) is 14.2 Å². The van der Waals surface area contributed by atoms with Gasteiger partial charge in [-0.1, -0.05) is 24.3 Å². The summed E-state index contributed by atoms with van der Waals surface area (Å²) in [5.41, 5.74) is 3.12. The first-order valence-corrected chi connectivity index (χ1v) is 7.48. The molecule has 0 bridgehead atoms. The third-order valence-electron chi connectivity index (χ3n) is 3.48. The number of aromatic nitrogens is 2. The summed E-state index contributed by atoms with van der Waals surface area (Å²) in [6.07, 6.45) is 1.46. The smallest absolute Gasteiger partial charge is 0.271 e. The Labute approximate surface area is 125 Å². The molecule has 1 aromatic carbocycles. The van der Waals surface area contributed by atoms with Crippen LogP contribution in [0.4, 0.5) is 0 Å². The summed E-state index contributed by atoms with van der Waals surface area (Å²) < 4.78 is 1.99. The molecular formula is C16H14N2O2S. The van der Waals surface area contributed by atoms with Gasteiger partial charge in [-0.15, -0.1) is 11.3 Å². The molecule has 0 atom stereocenters. The lowest BCUT2D eigenvalue weighted by Gasteiger charge is -2.07. The number of ketones is 1. The first-order valence-electron chi connectivity index (χ1n) is 6.60. The van der Waals surface area contributed by atoms with E-state index in [4.69, 9.17) is 0 Å². The second kappa shape index (κ2) is 5.26. The largest absolute Gasteiger partial charge is 0.292 e. The van der Waals surface area contributed by atoms with Gasteiger partial charge in [-0.25, -0.2) is 4.98 Å². The summed E-state index contributed by atoms with van der Waals surface area (Å²) in [5, 5.41) is 1.91. The summed E-state index contributed by atoms with van der Waals surface area (Å²) >= 11 is 1.37. The lowest BCUT2D eigenvalue weighted by molar-refractivity contribution is 0.0970. The fourth-order valence-electron chi connectivity index (χ4n) is 2.30. The maximum atomic E-state index is 12.4. The van der Waals surface area contributed by atoms with Gasteiger partial charge in [0.25, 0.3) is 5.56 Å². The monoisotopic (exact) mass is 298 g/mol. The summed E-state index contributed by atoms with van der Waals surface area (Å²) in [5.74, 6) is -0.0790. The Hall–Kier alpha value is -2.27. The molecule has 2 aromatic heterocycles. The van der Waals surface area contributed by atoms with E-state index in [9.17, 15) is 9.59 Å². The van der Waals surface area contributed by atoms with Crippen molar-refractivity contribution in [2.24, 2.45) is 0 Å². The Balaban J connectivity index is 1.99. The molecule has 2 heterocycles. The summed E-state index contributed by atoms with van der Waals surface area (Å²) in [4.78, 5) is 29.0. The molecule has 4 nitrogen and oxygen atoms in total. The second-order valence-corrected chi connectivity index (χ2v) is 5.89. The Morgan fingerprint density at radius 2 is 2.00 bits per heavy atom. The number of benzene rings is 1. The lowest BCUT2D eigenvalue weighted by atomic mass is 10.1. The van der Waals surface area contributed by atoms with E-state index >= 15 is 0 Å². The zero-order chi connectivity index (χ0) is 15.0. The molecule has 106 valence electrons. The van der Waals surface area contributed by atoms with E-state index in [2.05, 4.69) is 4.98 Å². The highest BCUT2D eigenvalue weighted by molar-refractivity contribution is 7.17. The first-order chi connectivity index (χ1) is 10.1. The van der Waals surface area contributed by atoms with Gasteiger partial charge in [0.05, 0.1) is 18.4 Å². The number of fused-ring (bicyclic) bond motifs is 1. The molecule has 0 spiro atoms. The number of aryl methyl sites for hydroxylation is 2. The van der Waals surface area contributed by atoms with Crippen LogP contribution < -0.4 is 5.56 Å². The van der Waals surface area contributed by atoms with Crippen molar-refractivity contribution in [1.82, 2.24) is 9.55 Å². The summed E-state index contributed by atoms with van der Waals surface area (Å²) in [6.45, 7) is 3.83. The van der Waals surface area contributed by atoms with E-state index in [0.717, 1.165) is 16.6 Å². The number of hydrogen-bond acceptors (Lipinski definition) is 4. The molecule has 3 rings (SSSR count). The van der Waals surface area contributed by atoms with Crippen LogP contribution in [0.2, 0.25) is 0 Å². The Bertz CT molecular complexity index is 893. The fraction of sp³-hybridized carbons (Fsp3) is 0.188. The van der Waals surface area contributed by atoms with Crippen molar-refractivity contribution in [3.8, 4) is 0 Å². The van der Waals surface area contributed by atoms with E-state index in [0.29, 0.717) is 10.3 Å². The van der Waals surface area contributed by atoms with Crippen LogP contribution in [0.5, 0.6) is 0 Å². The normalized spacial score (nSPS) is 11.0. The number of nitrogens with zero attached hydrogens (tertiary/aromatic N) is 2. The van der Waals surface area contributed by atoms with Gasteiger partial charge < -0.3 is 0 Å². The first kappa shape index (κ1) is 13.7. The summed E-state index contributed by atoms with van der Waals surface area (Å²) in [7, 11) is 0. The molecule has 3 aromatic rings. The van der Waals surface area contributed by atoms with Gasteiger partial charge in [-0.2, -0.15) is 0 Å². The van der Waals surface area contributed by atoms with Crippen LogP contribution in [-0.4, -0.2) is 15.3 Å². The molecule has 0 amide bonds. The van der Waals surface area contributed by atoms with Crippen LogP contribution in [-0.2, 0) is 6.54 Å². The van der Waals surface area contributed by atoms with Gasteiger partial charge >= 0.3 is 0 Å². The molecule has 0 radical (unpaired) electrons. The molecule has 0 unspecified atom stereocenters. The molecule has 21 heavy (non-hydrogen) atoms. The van der Waals surface area contributed by atoms with Crippen molar-refractivity contribution >= 4 is 27.3 Å². The molecule has 0 aliphatic rings. The van der Waals surface area contributed by atoms with E-state index in [1.54, 1.807) is 6.07 Å². The highest BCUT2D eigenvalue weighted by Crippen LogP contribution is 2.19. The van der Waals surface area contributed by atoms with Crippen LogP contribution in [0.25, 0.3) is 10.2 Å². The topological polar surface area (TPSA) is 52.0 Å². The third-order valence-corrected chi connectivity index (χ3v) is 4.56. The third kappa shape index (κ3) is 2.40. The molecular weight excluding hydrogens is 284 g/mol. The summed E-state index contributed by atoms with van der Waals surface area (Å²) in [6, 6.07) is 7.39. The Kier molecular flexibility index (Phi) is 3.43. The average molecular weight is 298 g/mol. The number of Topliss-reactive ketones (excluding diaryl/α,β-unsaturated/α-hetero) is 1. The Morgan fingerprint density at radius 1 is 1.24 bits per heavy atom. The number of carbonyl (C=O) groups is 1. The molecule has 0 aliphatic carbocycles. The van der Waals surface area contributed by atoms with E-state index in [1.165, 1.54) is 22.2 Å². The predicted molar refractivity (Wildman–Crippen MR) is 84.1 cm³/mol. The minimum atomic E-state index is -0.153. The maximum Gasteiger partial charge on any atom is 0.271 e. The number of rotatable bonds is 3. The molecule has 0 fully saturated rings. The zero-order valence-electron chi connectivity index (χ0n) is 11.8. The van der Waals surface area contributed by atoms with Gasteiger partial charge in [0.2, 0.25) is 0 Å². The van der Waals surface area contributed by atoms with E-state index in [1.807, 2.05) is 37.4 Å². The van der Waals surface area contributed by atoms with Crippen LogP contribution in [0.3, 0.4) is 0 Å². The van der Waals surface area contributed by atoms with Crippen molar-refractivity contribution in [3.63, 3.8) is 0 Å². The van der Waals surface area contributed by atoms with E-state index in [-0.39, 0.29) is 17.9 Å². The number of hydrogen-bond donors (Lipinski definition) is 0. The van der Waals surface area contributed by atoms with E-state index < -0.39 is 0 Å². The van der Waals surface area contributed by atoms with Crippen molar-refractivity contribution < 1.29 is 4.79 Å². The molecule has 0 aliphatic heterocycles. The second-order valence-electron chi connectivity index (χ2n) is 5.01.